The number of likely N-dealkylation sites (tertiary alicyclic amines) is 1. The first kappa shape index (κ1) is 22.5. The molecular formula is C28H35N5O3. The Hall–Kier alpha value is -2.68. The number of amides is 2. The summed E-state index contributed by atoms with van der Waals surface area (Å²) in [6.07, 6.45) is 9.95. The van der Waals surface area contributed by atoms with Crippen molar-refractivity contribution in [1.82, 2.24) is 25.7 Å². The van der Waals surface area contributed by atoms with E-state index in [0.29, 0.717) is 18.4 Å². The Morgan fingerprint density at radius 2 is 1.89 bits per heavy atom. The summed E-state index contributed by atoms with van der Waals surface area (Å²) in [6.45, 7) is 4.30. The maximum atomic E-state index is 13.4. The van der Waals surface area contributed by atoms with Gasteiger partial charge in [0.25, 0.3) is 0 Å². The standard InChI is InChI=1S/C28H35N5O3/c1-17-23-9-8-22(14-24(23)30-33(17)36)19-2-4-20(5-3-19)25-29-28(11-12-28)27(35)32(25)16-18-10-13-31(15-18)26(34)21-6-7-21/h2-5,8-9,17-18,21-22,25,29-30,36H,6-7,10-16H2,1H3/t17?,18-,22?,25?/m1/s1. The molecule has 2 amide bonds. The molecule has 0 radical (unpaired) electrons. The quantitative estimate of drug-likeness (QED) is 0.590. The number of allylic oxidation sites excluding steroid dienone is 2. The van der Waals surface area contributed by atoms with Crippen molar-refractivity contribution in [1.29, 1.82) is 0 Å². The van der Waals surface area contributed by atoms with Crippen LogP contribution in [0.1, 0.15) is 68.7 Å². The molecule has 6 aliphatic rings. The van der Waals surface area contributed by atoms with E-state index in [2.05, 4.69) is 52.1 Å². The molecule has 3 heterocycles. The van der Waals surface area contributed by atoms with Crippen LogP contribution in [0.3, 0.4) is 0 Å². The number of nitrogens with one attached hydrogen (secondary N) is 2. The number of hydrogen-bond donors (Lipinski definition) is 3. The molecule has 2 saturated heterocycles. The van der Waals surface area contributed by atoms with E-state index in [0.717, 1.165) is 68.4 Å². The van der Waals surface area contributed by atoms with Gasteiger partial charge < -0.3 is 9.80 Å². The van der Waals surface area contributed by atoms with Crippen molar-refractivity contribution < 1.29 is 14.8 Å². The van der Waals surface area contributed by atoms with Crippen molar-refractivity contribution in [3.8, 4) is 0 Å². The van der Waals surface area contributed by atoms with Gasteiger partial charge in [-0.3, -0.25) is 25.5 Å². The second-order valence-electron chi connectivity index (χ2n) is 11.7. The Morgan fingerprint density at radius 1 is 1.14 bits per heavy atom. The van der Waals surface area contributed by atoms with Crippen LogP contribution in [0.2, 0.25) is 0 Å². The van der Waals surface area contributed by atoms with Crippen molar-refractivity contribution in [3.05, 3.63) is 58.8 Å². The summed E-state index contributed by atoms with van der Waals surface area (Å²) in [6, 6.07) is 8.64. The fourth-order valence-corrected chi connectivity index (χ4v) is 6.53. The summed E-state index contributed by atoms with van der Waals surface area (Å²) >= 11 is 0. The van der Waals surface area contributed by atoms with Gasteiger partial charge in [-0.05, 0) is 68.1 Å². The highest BCUT2D eigenvalue weighted by Crippen LogP contribution is 2.47. The van der Waals surface area contributed by atoms with Gasteiger partial charge in [-0.25, -0.2) is 0 Å². The molecule has 3 N–H and O–H groups in total. The second-order valence-corrected chi connectivity index (χ2v) is 11.7. The lowest BCUT2D eigenvalue weighted by Crippen LogP contribution is -2.37. The van der Waals surface area contributed by atoms with Crippen LogP contribution in [0.25, 0.3) is 0 Å². The molecule has 4 atom stereocenters. The lowest BCUT2D eigenvalue weighted by Gasteiger charge is -2.28. The van der Waals surface area contributed by atoms with Crippen LogP contribution in [0.15, 0.2) is 47.7 Å². The molecule has 8 heteroatoms. The molecule has 8 nitrogen and oxygen atoms in total. The predicted octanol–water partition coefficient (Wildman–Crippen LogP) is 2.80. The average Bonchev–Trinajstić information content (AvgIpc) is 3.80. The van der Waals surface area contributed by atoms with Crippen LogP contribution in [0, 0.1) is 11.8 Å². The van der Waals surface area contributed by atoms with Gasteiger partial charge in [-0.15, -0.1) is 0 Å². The Morgan fingerprint density at radius 3 is 2.61 bits per heavy atom. The third-order valence-corrected chi connectivity index (χ3v) is 9.15. The molecule has 7 rings (SSSR count). The Balaban J connectivity index is 1.05. The Kier molecular flexibility index (Phi) is 5.10. The van der Waals surface area contributed by atoms with Crippen LogP contribution in [-0.2, 0) is 9.59 Å². The van der Waals surface area contributed by atoms with E-state index in [4.69, 9.17) is 0 Å². The van der Waals surface area contributed by atoms with E-state index in [1.165, 1.54) is 10.7 Å². The first-order valence-corrected chi connectivity index (χ1v) is 13.6. The van der Waals surface area contributed by atoms with Gasteiger partial charge >= 0.3 is 0 Å². The number of hydrazine groups is 1. The second kappa shape index (κ2) is 8.16. The third kappa shape index (κ3) is 3.69. The molecule has 4 fully saturated rings. The number of carbonyl (C=O) groups is 2. The monoisotopic (exact) mass is 489 g/mol. The third-order valence-electron chi connectivity index (χ3n) is 9.15. The van der Waals surface area contributed by atoms with Gasteiger partial charge in [-0.1, -0.05) is 41.6 Å². The number of hydrogen-bond acceptors (Lipinski definition) is 6. The van der Waals surface area contributed by atoms with E-state index >= 15 is 0 Å². The number of benzene rings is 1. The molecule has 0 aromatic heterocycles. The first-order chi connectivity index (χ1) is 17.4. The van der Waals surface area contributed by atoms with Crippen molar-refractivity contribution >= 4 is 11.8 Å². The van der Waals surface area contributed by atoms with E-state index in [9.17, 15) is 14.8 Å². The van der Waals surface area contributed by atoms with Gasteiger partial charge in [0.05, 0.1) is 6.04 Å². The van der Waals surface area contributed by atoms with Crippen LogP contribution in [-0.4, -0.2) is 63.2 Å². The van der Waals surface area contributed by atoms with Gasteiger partial charge in [0, 0.05) is 37.2 Å². The zero-order chi connectivity index (χ0) is 24.6. The SMILES string of the molecule is CC1C2=C(CC(c3ccc(C4NC5(CC5)C(=O)N4C[C@@H]4CCN(C(=O)C5CC5)C4)cc3)C=C2)NN1O. The van der Waals surface area contributed by atoms with Crippen molar-refractivity contribution in [2.75, 3.05) is 19.6 Å². The van der Waals surface area contributed by atoms with Gasteiger partial charge in [0.2, 0.25) is 11.8 Å². The van der Waals surface area contributed by atoms with E-state index in [1.807, 2.05) is 11.8 Å². The molecule has 36 heavy (non-hydrogen) atoms. The summed E-state index contributed by atoms with van der Waals surface area (Å²) in [5, 5.41) is 14.8. The zero-order valence-corrected chi connectivity index (χ0v) is 20.8. The topological polar surface area (TPSA) is 88.2 Å². The number of rotatable bonds is 5. The minimum Gasteiger partial charge on any atom is -0.342 e. The van der Waals surface area contributed by atoms with E-state index < -0.39 is 0 Å². The van der Waals surface area contributed by atoms with Crippen LogP contribution in [0.4, 0.5) is 0 Å². The normalized spacial score (nSPS) is 33.0. The largest absolute Gasteiger partial charge is 0.342 e. The lowest BCUT2D eigenvalue weighted by atomic mass is 9.87. The molecule has 1 aromatic rings. The van der Waals surface area contributed by atoms with Gasteiger partial charge in [0.1, 0.15) is 11.7 Å². The maximum absolute atomic E-state index is 13.4. The van der Waals surface area contributed by atoms with Crippen molar-refractivity contribution in [2.45, 2.75) is 69.1 Å². The molecular weight excluding hydrogens is 454 g/mol. The summed E-state index contributed by atoms with van der Waals surface area (Å²) in [7, 11) is 0. The summed E-state index contributed by atoms with van der Waals surface area (Å²) in [5.41, 5.74) is 7.28. The minimum atomic E-state index is -0.374. The van der Waals surface area contributed by atoms with Crippen LogP contribution < -0.4 is 10.7 Å². The Bertz CT molecular complexity index is 1150. The number of hydroxylamine groups is 1. The smallest absolute Gasteiger partial charge is 0.244 e. The van der Waals surface area contributed by atoms with Crippen LogP contribution in [0.5, 0.6) is 0 Å². The lowest BCUT2D eigenvalue weighted by molar-refractivity contribution is -0.135. The van der Waals surface area contributed by atoms with Gasteiger partial charge in [-0.2, -0.15) is 0 Å². The Labute approximate surface area is 211 Å². The summed E-state index contributed by atoms with van der Waals surface area (Å²) in [5.74, 6) is 1.41. The van der Waals surface area contributed by atoms with Crippen LogP contribution >= 0.6 is 0 Å². The zero-order valence-electron chi connectivity index (χ0n) is 20.8. The highest BCUT2D eigenvalue weighted by Gasteiger charge is 2.59. The molecule has 3 aliphatic heterocycles. The molecule has 190 valence electrons. The number of nitrogens with zero attached hydrogens (tertiary/aromatic N) is 3. The molecule has 1 spiro atoms. The average molecular weight is 490 g/mol. The van der Waals surface area contributed by atoms with Crippen molar-refractivity contribution in [2.24, 2.45) is 11.8 Å². The fraction of sp³-hybridized carbons (Fsp3) is 0.571. The predicted molar refractivity (Wildman–Crippen MR) is 133 cm³/mol. The molecule has 2 saturated carbocycles. The summed E-state index contributed by atoms with van der Waals surface area (Å²) in [4.78, 5) is 30.0. The number of carbonyl (C=O) groups excluding carboxylic acids is 2. The van der Waals surface area contributed by atoms with Crippen molar-refractivity contribution in [3.63, 3.8) is 0 Å². The highest BCUT2D eigenvalue weighted by atomic mass is 16.5. The molecule has 0 bridgehead atoms. The molecule has 3 aliphatic carbocycles. The van der Waals surface area contributed by atoms with E-state index in [1.54, 1.807) is 0 Å². The van der Waals surface area contributed by atoms with Gasteiger partial charge in [0.15, 0.2) is 0 Å². The fourth-order valence-electron chi connectivity index (χ4n) is 6.53. The highest BCUT2D eigenvalue weighted by molar-refractivity contribution is 5.92. The molecule has 1 aromatic carbocycles. The maximum Gasteiger partial charge on any atom is 0.244 e. The summed E-state index contributed by atoms with van der Waals surface area (Å²) < 4.78 is 0. The van der Waals surface area contributed by atoms with E-state index in [-0.39, 0.29) is 35.5 Å². The molecule has 3 unspecified atom stereocenters. The first-order valence-electron chi connectivity index (χ1n) is 13.6. The minimum absolute atomic E-state index is 0.0370.